The van der Waals surface area contributed by atoms with Gasteiger partial charge in [-0.15, -0.1) is 0 Å². The van der Waals surface area contributed by atoms with E-state index >= 15 is 0 Å². The number of allylic oxidation sites excluding steroid dienone is 1. The minimum atomic E-state index is -0.764. The first-order valence-corrected chi connectivity index (χ1v) is 9.74. The number of ketones is 1. The third-order valence-corrected chi connectivity index (χ3v) is 5.06. The standard InChI is InChI=1S/C20H34O5/c1-2-3-6-9-15(21)12-13-17-16(18(22)14-19(17)23)10-7-4-5-8-11-20(24)25/h12-13,15-18,21-22H,2-11,14H2,1H3,(H,24,25)/b13-12+. The summed E-state index contributed by atoms with van der Waals surface area (Å²) < 4.78 is 0. The first-order valence-electron chi connectivity index (χ1n) is 9.74. The van der Waals surface area contributed by atoms with Gasteiger partial charge in [-0.2, -0.15) is 0 Å². The van der Waals surface area contributed by atoms with Gasteiger partial charge in [0.1, 0.15) is 5.78 Å². The number of carbonyl (C=O) groups is 2. The smallest absolute Gasteiger partial charge is 0.303 e. The van der Waals surface area contributed by atoms with Gasteiger partial charge in [-0.05, 0) is 25.2 Å². The van der Waals surface area contributed by atoms with Crippen molar-refractivity contribution in [2.75, 3.05) is 0 Å². The Labute approximate surface area is 151 Å². The molecule has 0 aromatic rings. The van der Waals surface area contributed by atoms with Crippen LogP contribution in [-0.2, 0) is 9.59 Å². The lowest BCUT2D eigenvalue weighted by Gasteiger charge is -2.18. The molecule has 144 valence electrons. The van der Waals surface area contributed by atoms with Gasteiger partial charge in [0.2, 0.25) is 0 Å². The molecule has 0 amide bonds. The third-order valence-electron chi connectivity index (χ3n) is 5.06. The largest absolute Gasteiger partial charge is 0.481 e. The maximum absolute atomic E-state index is 12.1. The SMILES string of the molecule is CCCCCC(O)/C=C/C1C(=O)CC(O)C1CCCCCCC(=O)O. The molecule has 0 heterocycles. The van der Waals surface area contributed by atoms with Gasteiger partial charge >= 0.3 is 5.97 Å². The van der Waals surface area contributed by atoms with Crippen molar-refractivity contribution < 1.29 is 24.9 Å². The van der Waals surface area contributed by atoms with Crippen LogP contribution in [0, 0.1) is 11.8 Å². The van der Waals surface area contributed by atoms with Gasteiger partial charge in [-0.3, -0.25) is 9.59 Å². The van der Waals surface area contributed by atoms with E-state index in [-0.39, 0.29) is 30.5 Å². The summed E-state index contributed by atoms with van der Waals surface area (Å²) in [5.41, 5.74) is 0. The van der Waals surface area contributed by atoms with Crippen LogP contribution < -0.4 is 0 Å². The van der Waals surface area contributed by atoms with E-state index in [1.165, 1.54) is 0 Å². The number of aliphatic hydroxyl groups is 2. The Hall–Kier alpha value is -1.20. The van der Waals surface area contributed by atoms with Gasteiger partial charge in [-0.1, -0.05) is 57.6 Å². The van der Waals surface area contributed by atoms with E-state index in [1.807, 2.05) is 0 Å². The molecule has 0 aliphatic heterocycles. The van der Waals surface area contributed by atoms with E-state index in [9.17, 15) is 19.8 Å². The average Bonchev–Trinajstić information content (AvgIpc) is 2.82. The topological polar surface area (TPSA) is 94.8 Å². The fourth-order valence-electron chi connectivity index (χ4n) is 3.55. The zero-order chi connectivity index (χ0) is 18.7. The molecule has 4 unspecified atom stereocenters. The van der Waals surface area contributed by atoms with E-state index in [2.05, 4.69) is 6.92 Å². The molecule has 4 atom stereocenters. The molecule has 1 aliphatic rings. The summed E-state index contributed by atoms with van der Waals surface area (Å²) in [5.74, 6) is -1.08. The van der Waals surface area contributed by atoms with Crippen LogP contribution in [0.5, 0.6) is 0 Å². The highest BCUT2D eigenvalue weighted by atomic mass is 16.4. The van der Waals surface area contributed by atoms with Crippen molar-refractivity contribution in [2.24, 2.45) is 11.8 Å². The van der Waals surface area contributed by atoms with E-state index in [0.717, 1.165) is 44.9 Å². The lowest BCUT2D eigenvalue weighted by molar-refractivity contribution is -0.137. The second-order valence-electron chi connectivity index (χ2n) is 7.22. The first-order chi connectivity index (χ1) is 12.0. The molecule has 3 N–H and O–H groups in total. The maximum Gasteiger partial charge on any atom is 0.303 e. The van der Waals surface area contributed by atoms with Crippen molar-refractivity contribution in [3.63, 3.8) is 0 Å². The number of Topliss-reactive ketones (excluding diaryl/α,β-unsaturated/α-hetero) is 1. The second kappa shape index (κ2) is 12.2. The van der Waals surface area contributed by atoms with Gasteiger partial charge in [0.25, 0.3) is 0 Å². The van der Waals surface area contributed by atoms with E-state index < -0.39 is 18.2 Å². The number of hydrogen-bond donors (Lipinski definition) is 3. The molecule has 0 saturated heterocycles. The Bertz CT molecular complexity index is 432. The van der Waals surface area contributed by atoms with Crippen molar-refractivity contribution >= 4 is 11.8 Å². The van der Waals surface area contributed by atoms with Crippen LogP contribution in [0.4, 0.5) is 0 Å². The second-order valence-corrected chi connectivity index (χ2v) is 7.22. The molecule has 25 heavy (non-hydrogen) atoms. The Morgan fingerprint density at radius 1 is 1.20 bits per heavy atom. The van der Waals surface area contributed by atoms with E-state index in [4.69, 9.17) is 5.11 Å². The molecule has 0 aromatic carbocycles. The Balaban J connectivity index is 2.39. The molecular weight excluding hydrogens is 320 g/mol. The summed E-state index contributed by atoms with van der Waals surface area (Å²) in [6, 6.07) is 0. The van der Waals surface area contributed by atoms with Gasteiger partial charge in [-0.25, -0.2) is 0 Å². The number of carbonyl (C=O) groups excluding carboxylic acids is 1. The fourth-order valence-corrected chi connectivity index (χ4v) is 3.55. The van der Waals surface area contributed by atoms with Crippen molar-refractivity contribution in [1.82, 2.24) is 0 Å². The molecule has 0 spiro atoms. The molecule has 0 bridgehead atoms. The highest BCUT2D eigenvalue weighted by molar-refractivity contribution is 5.85. The molecule has 1 rings (SSSR count). The van der Waals surface area contributed by atoms with Gasteiger partial charge < -0.3 is 15.3 Å². The van der Waals surface area contributed by atoms with Crippen molar-refractivity contribution in [1.29, 1.82) is 0 Å². The van der Waals surface area contributed by atoms with Crippen LogP contribution in [0.3, 0.4) is 0 Å². The van der Waals surface area contributed by atoms with Gasteiger partial charge in [0, 0.05) is 18.8 Å². The molecule has 0 aromatic heterocycles. The number of aliphatic hydroxyl groups excluding tert-OH is 2. The monoisotopic (exact) mass is 354 g/mol. The number of hydrogen-bond acceptors (Lipinski definition) is 4. The molecule has 1 aliphatic carbocycles. The summed E-state index contributed by atoms with van der Waals surface area (Å²) in [5, 5.41) is 28.7. The predicted octanol–water partition coefficient (Wildman–Crippen LogP) is 3.48. The Morgan fingerprint density at radius 3 is 2.60 bits per heavy atom. The minimum absolute atomic E-state index is 0.0559. The highest BCUT2D eigenvalue weighted by Gasteiger charge is 2.39. The van der Waals surface area contributed by atoms with Crippen LogP contribution in [0.1, 0.15) is 77.6 Å². The zero-order valence-electron chi connectivity index (χ0n) is 15.4. The molecule has 5 heteroatoms. The number of carboxylic acid groups (broad SMARTS) is 1. The number of aliphatic carboxylic acids is 1. The van der Waals surface area contributed by atoms with Crippen LogP contribution in [0.25, 0.3) is 0 Å². The quantitative estimate of drug-likeness (QED) is 0.348. The molecule has 1 fully saturated rings. The summed E-state index contributed by atoms with van der Waals surface area (Å²) in [6.07, 6.45) is 10.8. The van der Waals surface area contributed by atoms with Crippen LogP contribution in [-0.4, -0.2) is 39.3 Å². The van der Waals surface area contributed by atoms with Crippen molar-refractivity contribution in [2.45, 2.75) is 89.8 Å². The summed E-state index contributed by atoms with van der Waals surface area (Å²) >= 11 is 0. The normalized spacial score (nSPS) is 24.9. The number of rotatable bonds is 13. The molecule has 1 saturated carbocycles. The van der Waals surface area contributed by atoms with E-state index in [0.29, 0.717) is 12.8 Å². The summed E-state index contributed by atoms with van der Waals surface area (Å²) in [7, 11) is 0. The third kappa shape index (κ3) is 8.63. The molecule has 5 nitrogen and oxygen atoms in total. The van der Waals surface area contributed by atoms with Crippen molar-refractivity contribution in [3.05, 3.63) is 12.2 Å². The minimum Gasteiger partial charge on any atom is -0.481 e. The first kappa shape index (κ1) is 21.8. The number of unbranched alkanes of at least 4 members (excludes halogenated alkanes) is 5. The maximum atomic E-state index is 12.1. The fraction of sp³-hybridized carbons (Fsp3) is 0.800. The average molecular weight is 354 g/mol. The van der Waals surface area contributed by atoms with Gasteiger partial charge in [0.15, 0.2) is 0 Å². The summed E-state index contributed by atoms with van der Waals surface area (Å²) in [6.45, 7) is 2.12. The van der Waals surface area contributed by atoms with Crippen molar-refractivity contribution in [3.8, 4) is 0 Å². The lowest BCUT2D eigenvalue weighted by atomic mass is 9.88. The van der Waals surface area contributed by atoms with Crippen LogP contribution in [0.15, 0.2) is 12.2 Å². The lowest BCUT2D eigenvalue weighted by Crippen LogP contribution is -2.19. The molecular formula is C20H34O5. The predicted molar refractivity (Wildman–Crippen MR) is 97.2 cm³/mol. The Kier molecular flexibility index (Phi) is 10.7. The highest BCUT2D eigenvalue weighted by Crippen LogP contribution is 2.34. The summed E-state index contributed by atoms with van der Waals surface area (Å²) in [4.78, 5) is 22.6. The molecule has 0 radical (unpaired) electrons. The van der Waals surface area contributed by atoms with Gasteiger partial charge in [0.05, 0.1) is 12.2 Å². The van der Waals surface area contributed by atoms with Crippen LogP contribution >= 0.6 is 0 Å². The van der Waals surface area contributed by atoms with Crippen LogP contribution in [0.2, 0.25) is 0 Å². The number of carboxylic acids is 1. The zero-order valence-corrected chi connectivity index (χ0v) is 15.4. The van der Waals surface area contributed by atoms with E-state index in [1.54, 1.807) is 12.2 Å². The Morgan fingerprint density at radius 2 is 1.92 bits per heavy atom.